The summed E-state index contributed by atoms with van der Waals surface area (Å²) in [4.78, 5) is 14.2. The second kappa shape index (κ2) is 3.82. The molecule has 0 fully saturated rings. The van der Waals surface area contributed by atoms with E-state index in [0.717, 1.165) is 29.9 Å². The van der Waals surface area contributed by atoms with E-state index < -0.39 is 0 Å². The summed E-state index contributed by atoms with van der Waals surface area (Å²) in [6.45, 7) is 3.04. The van der Waals surface area contributed by atoms with Crippen molar-refractivity contribution < 1.29 is 0 Å². The van der Waals surface area contributed by atoms with E-state index in [2.05, 4.69) is 51.2 Å². The van der Waals surface area contributed by atoms with Crippen molar-refractivity contribution in [3.63, 3.8) is 0 Å². The molecule has 0 unspecified atom stereocenters. The molecule has 0 atom stereocenters. The van der Waals surface area contributed by atoms with Gasteiger partial charge >= 0.3 is 0 Å². The highest BCUT2D eigenvalue weighted by atomic mass is 15.3. The molecule has 0 saturated carbocycles. The molecule has 0 aliphatic carbocycles. The van der Waals surface area contributed by atoms with E-state index >= 15 is 0 Å². The molecule has 3 aromatic rings. The normalized spacial score (nSPS) is 14.1. The summed E-state index contributed by atoms with van der Waals surface area (Å²) in [5.41, 5.74) is 4.68. The minimum atomic E-state index is 0.722. The quantitative estimate of drug-likeness (QED) is 0.721. The van der Waals surface area contributed by atoms with Crippen LogP contribution >= 0.6 is 0 Å². The number of aromatic amines is 1. The van der Waals surface area contributed by atoms with Crippen LogP contribution in [0.5, 0.6) is 0 Å². The highest BCUT2D eigenvalue weighted by Crippen LogP contribution is 2.33. The molecule has 1 aliphatic heterocycles. The van der Waals surface area contributed by atoms with E-state index in [4.69, 9.17) is 0 Å². The van der Waals surface area contributed by atoms with Gasteiger partial charge in [-0.05, 0) is 36.6 Å². The van der Waals surface area contributed by atoms with Gasteiger partial charge in [0.2, 0.25) is 5.95 Å². The SMILES string of the molecule is Cc1ccc2c(c1)N(c1n[c]c3cc[nH]c3n1)CC2. The van der Waals surface area contributed by atoms with Gasteiger partial charge in [-0.15, -0.1) is 0 Å². The van der Waals surface area contributed by atoms with Crippen molar-refractivity contribution in [2.24, 2.45) is 0 Å². The number of benzene rings is 1. The number of aromatic nitrogens is 3. The third-order valence-electron chi connectivity index (χ3n) is 3.59. The van der Waals surface area contributed by atoms with Crippen molar-refractivity contribution in [3.05, 3.63) is 47.8 Å². The molecule has 19 heavy (non-hydrogen) atoms. The van der Waals surface area contributed by atoms with Crippen LogP contribution in [0.1, 0.15) is 11.1 Å². The van der Waals surface area contributed by atoms with Crippen LogP contribution in [-0.2, 0) is 6.42 Å². The van der Waals surface area contributed by atoms with Crippen LogP contribution in [0.2, 0.25) is 0 Å². The maximum atomic E-state index is 4.57. The monoisotopic (exact) mass is 249 g/mol. The lowest BCUT2D eigenvalue weighted by Crippen LogP contribution is -2.16. The summed E-state index contributed by atoms with van der Waals surface area (Å²) in [6, 6.07) is 8.48. The highest BCUT2D eigenvalue weighted by molar-refractivity contribution is 5.76. The van der Waals surface area contributed by atoms with Crippen molar-refractivity contribution in [2.45, 2.75) is 13.3 Å². The lowest BCUT2D eigenvalue weighted by molar-refractivity contribution is 0.945. The van der Waals surface area contributed by atoms with Crippen molar-refractivity contribution in [1.29, 1.82) is 0 Å². The summed E-state index contributed by atoms with van der Waals surface area (Å²) in [6.07, 6.45) is 5.94. The fourth-order valence-corrected chi connectivity index (χ4v) is 2.60. The highest BCUT2D eigenvalue weighted by Gasteiger charge is 2.22. The molecule has 4 rings (SSSR count). The Morgan fingerprint density at radius 2 is 2.26 bits per heavy atom. The van der Waals surface area contributed by atoms with Gasteiger partial charge in [-0.2, -0.15) is 4.98 Å². The number of nitrogens with zero attached hydrogens (tertiary/aromatic N) is 3. The fourth-order valence-electron chi connectivity index (χ4n) is 2.60. The van der Waals surface area contributed by atoms with Crippen LogP contribution in [0.3, 0.4) is 0 Å². The Hall–Kier alpha value is -2.36. The first-order valence-corrected chi connectivity index (χ1v) is 6.41. The summed E-state index contributed by atoms with van der Waals surface area (Å²) in [5, 5.41) is 0.924. The molecular formula is C15H13N4. The Balaban J connectivity index is 1.84. The third kappa shape index (κ3) is 1.60. The Bertz CT molecular complexity index is 760. The maximum Gasteiger partial charge on any atom is 0.232 e. The van der Waals surface area contributed by atoms with Gasteiger partial charge in [0.25, 0.3) is 0 Å². The van der Waals surface area contributed by atoms with E-state index in [1.165, 1.54) is 16.8 Å². The van der Waals surface area contributed by atoms with E-state index in [9.17, 15) is 0 Å². The average Bonchev–Trinajstić information content (AvgIpc) is 3.03. The summed E-state index contributed by atoms with van der Waals surface area (Å²) in [7, 11) is 0. The number of hydrogen-bond donors (Lipinski definition) is 1. The van der Waals surface area contributed by atoms with E-state index in [1.54, 1.807) is 0 Å². The van der Waals surface area contributed by atoms with E-state index in [-0.39, 0.29) is 0 Å². The second-order valence-electron chi connectivity index (χ2n) is 4.91. The Morgan fingerprint density at radius 1 is 1.32 bits per heavy atom. The minimum Gasteiger partial charge on any atom is -0.346 e. The number of anilines is 2. The van der Waals surface area contributed by atoms with Gasteiger partial charge in [0.15, 0.2) is 0 Å². The Labute approximate surface area is 111 Å². The Morgan fingerprint density at radius 3 is 3.21 bits per heavy atom. The first-order chi connectivity index (χ1) is 9.31. The molecule has 1 aliphatic rings. The molecular weight excluding hydrogens is 236 g/mol. The number of hydrogen-bond acceptors (Lipinski definition) is 3. The van der Waals surface area contributed by atoms with Crippen molar-refractivity contribution in [3.8, 4) is 0 Å². The smallest absolute Gasteiger partial charge is 0.232 e. The predicted molar refractivity (Wildman–Crippen MR) is 74.6 cm³/mol. The van der Waals surface area contributed by atoms with Crippen LogP contribution in [-0.4, -0.2) is 21.5 Å². The zero-order chi connectivity index (χ0) is 12.8. The van der Waals surface area contributed by atoms with Crippen LogP contribution in [0.15, 0.2) is 30.5 Å². The Kier molecular flexibility index (Phi) is 2.12. The molecule has 2 aromatic heterocycles. The topological polar surface area (TPSA) is 44.8 Å². The standard InChI is InChI=1S/C15H13N4/c1-10-2-3-11-5-7-19(13(11)8-10)15-17-9-12-4-6-16-14(12)18-15/h2-4,6,8H,5,7H2,1H3,(H,16,17,18). The number of rotatable bonds is 1. The van der Waals surface area contributed by atoms with Crippen molar-refractivity contribution in [2.75, 3.05) is 11.4 Å². The van der Waals surface area contributed by atoms with Crippen molar-refractivity contribution in [1.82, 2.24) is 15.0 Å². The largest absolute Gasteiger partial charge is 0.346 e. The zero-order valence-electron chi connectivity index (χ0n) is 10.6. The second-order valence-corrected chi connectivity index (χ2v) is 4.91. The first-order valence-electron chi connectivity index (χ1n) is 6.41. The zero-order valence-corrected chi connectivity index (χ0v) is 10.6. The molecule has 1 aromatic carbocycles. The summed E-state index contributed by atoms with van der Waals surface area (Å²) in [5.74, 6) is 0.722. The first kappa shape index (κ1) is 10.6. The van der Waals surface area contributed by atoms with E-state index in [1.807, 2.05) is 12.3 Å². The number of aryl methyl sites for hydroxylation is 1. The molecule has 1 radical (unpaired) electrons. The minimum absolute atomic E-state index is 0.722. The van der Waals surface area contributed by atoms with Gasteiger partial charge in [-0.1, -0.05) is 12.1 Å². The van der Waals surface area contributed by atoms with Gasteiger partial charge < -0.3 is 9.88 Å². The van der Waals surface area contributed by atoms with Crippen LogP contribution in [0.25, 0.3) is 11.0 Å². The predicted octanol–water partition coefficient (Wildman–Crippen LogP) is 2.76. The van der Waals surface area contributed by atoms with Crippen LogP contribution < -0.4 is 4.90 Å². The summed E-state index contributed by atoms with van der Waals surface area (Å²) < 4.78 is 0. The lowest BCUT2D eigenvalue weighted by atomic mass is 10.1. The van der Waals surface area contributed by atoms with Gasteiger partial charge in [-0.25, -0.2) is 4.98 Å². The van der Waals surface area contributed by atoms with Crippen molar-refractivity contribution >= 4 is 22.7 Å². The lowest BCUT2D eigenvalue weighted by Gasteiger charge is -2.17. The maximum absolute atomic E-state index is 4.57. The number of fused-ring (bicyclic) bond motifs is 2. The molecule has 4 nitrogen and oxygen atoms in total. The molecule has 3 heterocycles. The third-order valence-corrected chi connectivity index (χ3v) is 3.59. The van der Waals surface area contributed by atoms with Gasteiger partial charge in [0.05, 0.1) is 0 Å². The average molecular weight is 249 g/mol. The van der Waals surface area contributed by atoms with Crippen LogP contribution in [0, 0.1) is 13.1 Å². The summed E-state index contributed by atoms with van der Waals surface area (Å²) >= 11 is 0. The molecule has 0 amide bonds. The van der Waals surface area contributed by atoms with Gasteiger partial charge in [-0.3, -0.25) is 0 Å². The van der Waals surface area contributed by atoms with Gasteiger partial charge in [0, 0.05) is 23.8 Å². The van der Waals surface area contributed by atoms with Crippen LogP contribution in [0.4, 0.5) is 11.6 Å². The van der Waals surface area contributed by atoms with E-state index in [0.29, 0.717) is 0 Å². The molecule has 4 heteroatoms. The molecule has 93 valence electrons. The molecule has 0 bridgehead atoms. The fraction of sp³-hybridized carbons (Fsp3) is 0.200. The molecule has 1 N–H and O–H groups in total. The van der Waals surface area contributed by atoms with Gasteiger partial charge in [0.1, 0.15) is 11.8 Å². The molecule has 0 saturated heterocycles. The molecule has 0 spiro atoms. The number of nitrogens with one attached hydrogen (secondary N) is 1. The number of H-pyrrole nitrogens is 1.